The summed E-state index contributed by atoms with van der Waals surface area (Å²) in [6.45, 7) is 7.34. The van der Waals surface area contributed by atoms with E-state index in [0.29, 0.717) is 51.8 Å². The van der Waals surface area contributed by atoms with Gasteiger partial charge in [-0.1, -0.05) is 0 Å². The number of nitrogens with zero attached hydrogens (tertiary/aromatic N) is 3. The molecule has 0 aliphatic carbocycles. The van der Waals surface area contributed by atoms with E-state index in [1.165, 1.54) is 12.1 Å². The summed E-state index contributed by atoms with van der Waals surface area (Å²) < 4.78 is 18.3. The van der Waals surface area contributed by atoms with Crippen LogP contribution in [0, 0.1) is 5.82 Å². The van der Waals surface area contributed by atoms with Crippen LogP contribution in [0.4, 0.5) is 10.1 Å². The topological polar surface area (TPSA) is 69.2 Å². The van der Waals surface area contributed by atoms with Crippen molar-refractivity contribution in [3.63, 3.8) is 0 Å². The Kier molecular flexibility index (Phi) is 8.83. The molecule has 0 saturated carbocycles. The van der Waals surface area contributed by atoms with E-state index in [-0.39, 0.29) is 11.7 Å². The fourth-order valence-electron chi connectivity index (χ4n) is 2.92. The number of rotatable bonds is 8. The minimum Gasteiger partial charge on any atom is -0.380 e. The predicted molar refractivity (Wildman–Crippen MR) is 106 cm³/mol. The zero-order chi connectivity index (χ0) is 19.5. The minimum absolute atomic E-state index is 0.131. The SMILES string of the molecule is CCOCCNC(=NC)NCCC(=O)N1CCN(c2ccc(F)cc2)CC1. The van der Waals surface area contributed by atoms with Crippen LogP contribution in [-0.2, 0) is 9.53 Å². The van der Waals surface area contributed by atoms with Gasteiger partial charge in [0.1, 0.15) is 5.82 Å². The van der Waals surface area contributed by atoms with Crippen LogP contribution in [-0.4, -0.2) is 76.3 Å². The van der Waals surface area contributed by atoms with Crippen LogP contribution in [0.1, 0.15) is 13.3 Å². The van der Waals surface area contributed by atoms with Crippen LogP contribution >= 0.6 is 0 Å². The van der Waals surface area contributed by atoms with Crippen molar-refractivity contribution < 1.29 is 13.9 Å². The summed E-state index contributed by atoms with van der Waals surface area (Å²) in [5.41, 5.74) is 0.993. The van der Waals surface area contributed by atoms with Crippen molar-refractivity contribution in [3.8, 4) is 0 Å². The number of halogens is 1. The molecule has 150 valence electrons. The Morgan fingerprint density at radius 2 is 1.81 bits per heavy atom. The zero-order valence-electron chi connectivity index (χ0n) is 16.2. The van der Waals surface area contributed by atoms with Crippen LogP contribution in [0.3, 0.4) is 0 Å². The first-order valence-corrected chi connectivity index (χ1v) is 9.44. The van der Waals surface area contributed by atoms with Gasteiger partial charge in [0.15, 0.2) is 5.96 Å². The third-order valence-corrected chi connectivity index (χ3v) is 4.42. The number of benzene rings is 1. The van der Waals surface area contributed by atoms with E-state index < -0.39 is 0 Å². The fourth-order valence-corrected chi connectivity index (χ4v) is 2.92. The van der Waals surface area contributed by atoms with Gasteiger partial charge >= 0.3 is 0 Å². The van der Waals surface area contributed by atoms with Gasteiger partial charge in [0.05, 0.1) is 6.61 Å². The second-order valence-electron chi connectivity index (χ2n) is 6.22. The molecule has 0 atom stereocenters. The monoisotopic (exact) mass is 379 g/mol. The van der Waals surface area contributed by atoms with Crippen LogP contribution in [0.15, 0.2) is 29.3 Å². The Morgan fingerprint density at radius 1 is 1.15 bits per heavy atom. The van der Waals surface area contributed by atoms with Gasteiger partial charge < -0.3 is 25.2 Å². The highest BCUT2D eigenvalue weighted by Crippen LogP contribution is 2.17. The maximum atomic E-state index is 13.0. The van der Waals surface area contributed by atoms with Gasteiger partial charge in [0.2, 0.25) is 5.91 Å². The zero-order valence-corrected chi connectivity index (χ0v) is 16.2. The average Bonchev–Trinajstić information content (AvgIpc) is 2.70. The quantitative estimate of drug-likeness (QED) is 0.402. The number of piperazine rings is 1. The van der Waals surface area contributed by atoms with Gasteiger partial charge in [-0.25, -0.2) is 4.39 Å². The highest BCUT2D eigenvalue weighted by Gasteiger charge is 2.21. The average molecular weight is 379 g/mol. The number of anilines is 1. The number of aliphatic imine (C=N–C) groups is 1. The molecule has 0 aromatic heterocycles. The Balaban J connectivity index is 1.66. The minimum atomic E-state index is -0.234. The molecule has 1 amide bonds. The number of hydrogen-bond acceptors (Lipinski definition) is 4. The molecule has 27 heavy (non-hydrogen) atoms. The van der Waals surface area contributed by atoms with Gasteiger partial charge in [-0.2, -0.15) is 0 Å². The molecule has 1 aromatic carbocycles. The van der Waals surface area contributed by atoms with Crippen LogP contribution in [0.25, 0.3) is 0 Å². The Labute approximate surface area is 160 Å². The Morgan fingerprint density at radius 3 is 2.44 bits per heavy atom. The summed E-state index contributed by atoms with van der Waals surface area (Å²) in [5.74, 6) is 0.567. The molecule has 1 aliphatic heterocycles. The van der Waals surface area contributed by atoms with Gasteiger partial charge in [-0.15, -0.1) is 0 Å². The molecule has 2 N–H and O–H groups in total. The largest absolute Gasteiger partial charge is 0.380 e. The van der Waals surface area contributed by atoms with Gasteiger partial charge in [-0.3, -0.25) is 9.79 Å². The smallest absolute Gasteiger partial charge is 0.224 e. The van der Waals surface area contributed by atoms with Crippen LogP contribution in [0.5, 0.6) is 0 Å². The van der Waals surface area contributed by atoms with Gasteiger partial charge in [0, 0.05) is 65.0 Å². The number of guanidine groups is 1. The van der Waals surface area contributed by atoms with Crippen molar-refractivity contribution in [1.82, 2.24) is 15.5 Å². The lowest BCUT2D eigenvalue weighted by Gasteiger charge is -2.36. The van der Waals surface area contributed by atoms with Crippen LogP contribution < -0.4 is 15.5 Å². The molecule has 0 radical (unpaired) electrons. The first kappa shape index (κ1) is 21.0. The van der Waals surface area contributed by atoms with E-state index in [1.54, 1.807) is 19.2 Å². The summed E-state index contributed by atoms with van der Waals surface area (Å²) in [7, 11) is 1.70. The molecule has 8 heteroatoms. The van der Waals surface area contributed by atoms with E-state index in [2.05, 4.69) is 20.5 Å². The van der Waals surface area contributed by atoms with Crippen molar-refractivity contribution in [1.29, 1.82) is 0 Å². The summed E-state index contributed by atoms with van der Waals surface area (Å²) in [5, 5.41) is 6.29. The highest BCUT2D eigenvalue weighted by molar-refractivity contribution is 5.81. The standard InChI is InChI=1S/C19H30FN5O2/c1-3-27-15-10-23-19(21-2)22-9-8-18(26)25-13-11-24(12-14-25)17-6-4-16(20)5-7-17/h4-7H,3,8-15H2,1-2H3,(H2,21,22,23). The molecule has 1 fully saturated rings. The summed E-state index contributed by atoms with van der Waals surface area (Å²) >= 11 is 0. The number of nitrogens with one attached hydrogen (secondary N) is 2. The lowest BCUT2D eigenvalue weighted by Crippen LogP contribution is -2.49. The van der Waals surface area contributed by atoms with Gasteiger partial charge in [-0.05, 0) is 31.2 Å². The van der Waals surface area contributed by atoms with Crippen molar-refractivity contribution in [2.24, 2.45) is 4.99 Å². The molecule has 7 nitrogen and oxygen atoms in total. The summed E-state index contributed by atoms with van der Waals surface area (Å²) in [6.07, 6.45) is 0.419. The van der Waals surface area contributed by atoms with E-state index in [9.17, 15) is 9.18 Å². The number of amides is 1. The van der Waals surface area contributed by atoms with Crippen LogP contribution in [0.2, 0.25) is 0 Å². The summed E-state index contributed by atoms with van der Waals surface area (Å²) in [4.78, 5) is 20.6. The van der Waals surface area contributed by atoms with Crippen molar-refractivity contribution in [3.05, 3.63) is 30.1 Å². The molecule has 0 bridgehead atoms. The van der Waals surface area contributed by atoms with E-state index in [4.69, 9.17) is 4.74 Å². The number of ether oxygens (including phenoxy) is 1. The van der Waals surface area contributed by atoms with Gasteiger partial charge in [0.25, 0.3) is 0 Å². The molecule has 2 rings (SSSR count). The normalized spacial score (nSPS) is 15.0. The predicted octanol–water partition coefficient (Wildman–Crippen LogP) is 1.07. The molecule has 1 heterocycles. The first-order chi connectivity index (χ1) is 13.1. The maximum Gasteiger partial charge on any atom is 0.224 e. The lowest BCUT2D eigenvalue weighted by molar-refractivity contribution is -0.131. The Bertz CT molecular complexity index is 601. The second-order valence-corrected chi connectivity index (χ2v) is 6.22. The lowest BCUT2D eigenvalue weighted by atomic mass is 10.2. The maximum absolute atomic E-state index is 13.0. The number of carbonyl (C=O) groups excluding carboxylic acids is 1. The van der Waals surface area contributed by atoms with Crippen molar-refractivity contribution >= 4 is 17.6 Å². The van der Waals surface area contributed by atoms with Crippen molar-refractivity contribution in [2.45, 2.75) is 13.3 Å². The highest BCUT2D eigenvalue weighted by atomic mass is 19.1. The van der Waals surface area contributed by atoms with Crippen molar-refractivity contribution in [2.75, 3.05) is 64.4 Å². The molecule has 1 aromatic rings. The molecule has 1 saturated heterocycles. The fraction of sp³-hybridized carbons (Fsp3) is 0.579. The van der Waals surface area contributed by atoms with E-state index in [0.717, 1.165) is 18.8 Å². The molecule has 1 aliphatic rings. The molecule has 0 unspecified atom stereocenters. The third-order valence-electron chi connectivity index (χ3n) is 4.42. The van der Waals surface area contributed by atoms with E-state index >= 15 is 0 Å². The van der Waals surface area contributed by atoms with E-state index in [1.807, 2.05) is 11.8 Å². The Hall–Kier alpha value is -2.35. The number of hydrogen-bond donors (Lipinski definition) is 2. The first-order valence-electron chi connectivity index (χ1n) is 9.44. The summed E-state index contributed by atoms with van der Waals surface area (Å²) in [6, 6.07) is 6.49. The second kappa shape index (κ2) is 11.4. The third kappa shape index (κ3) is 7.05. The molecule has 0 spiro atoms. The molecular weight excluding hydrogens is 349 g/mol. The number of carbonyl (C=O) groups is 1. The molecular formula is C19H30FN5O2.